The molecule has 6 heteroatoms. The van der Waals surface area contributed by atoms with Crippen LogP contribution in [-0.2, 0) is 0 Å². The third-order valence-corrected chi connectivity index (χ3v) is 5.24. The Morgan fingerprint density at radius 3 is 2.54 bits per heavy atom. The van der Waals surface area contributed by atoms with E-state index in [-0.39, 0.29) is 24.8 Å². The van der Waals surface area contributed by atoms with Crippen molar-refractivity contribution in [3.05, 3.63) is 24.0 Å². The SMILES string of the molecule is Cc1cc(N2CCCN(CC3CCC(N)CC3)CC2)ccn1.Cl.Cl. The average molecular weight is 375 g/mol. The standard InChI is InChI=1S/C18H30N4.2ClH/c1-15-13-18(7-8-20-15)22-10-2-9-21(11-12-22)14-16-3-5-17(19)6-4-16;;/h7-8,13,16-17H,2-6,9-12,14,19H2,1H3;2*1H. The quantitative estimate of drug-likeness (QED) is 0.881. The summed E-state index contributed by atoms with van der Waals surface area (Å²) in [5.74, 6) is 0.870. The molecule has 0 unspecified atom stereocenters. The molecule has 2 heterocycles. The molecule has 4 nitrogen and oxygen atoms in total. The normalized spacial score (nSPS) is 25.3. The fraction of sp³-hybridized carbons (Fsp3) is 0.722. The molecule has 0 amide bonds. The molecule has 1 aliphatic heterocycles. The van der Waals surface area contributed by atoms with Crippen molar-refractivity contribution in [1.29, 1.82) is 0 Å². The molecule has 1 saturated carbocycles. The van der Waals surface area contributed by atoms with E-state index in [1.165, 1.54) is 57.4 Å². The van der Waals surface area contributed by atoms with Crippen LogP contribution in [0.4, 0.5) is 5.69 Å². The minimum absolute atomic E-state index is 0. The summed E-state index contributed by atoms with van der Waals surface area (Å²) < 4.78 is 0. The van der Waals surface area contributed by atoms with Gasteiger partial charge in [-0.05, 0) is 63.6 Å². The van der Waals surface area contributed by atoms with Gasteiger partial charge in [0, 0.05) is 49.8 Å². The van der Waals surface area contributed by atoms with Crippen LogP contribution >= 0.6 is 24.8 Å². The van der Waals surface area contributed by atoms with E-state index in [2.05, 4.69) is 33.8 Å². The lowest BCUT2D eigenvalue weighted by Gasteiger charge is -2.31. The summed E-state index contributed by atoms with van der Waals surface area (Å²) in [5, 5.41) is 0. The second kappa shape index (κ2) is 10.4. The first kappa shape index (κ1) is 21.5. The monoisotopic (exact) mass is 374 g/mol. The molecule has 0 aromatic carbocycles. The van der Waals surface area contributed by atoms with E-state index in [0.29, 0.717) is 6.04 Å². The summed E-state index contributed by atoms with van der Waals surface area (Å²) in [6.07, 6.45) is 8.28. The van der Waals surface area contributed by atoms with E-state index in [4.69, 9.17) is 5.73 Å². The number of aryl methyl sites for hydroxylation is 1. The van der Waals surface area contributed by atoms with E-state index < -0.39 is 0 Å². The molecule has 0 atom stereocenters. The van der Waals surface area contributed by atoms with Gasteiger partial charge in [-0.2, -0.15) is 0 Å². The van der Waals surface area contributed by atoms with Gasteiger partial charge >= 0.3 is 0 Å². The predicted octanol–water partition coefficient (Wildman–Crippen LogP) is 3.26. The minimum atomic E-state index is 0. The van der Waals surface area contributed by atoms with Crippen molar-refractivity contribution in [3.8, 4) is 0 Å². The Hall–Kier alpha value is -0.550. The highest BCUT2D eigenvalue weighted by Gasteiger charge is 2.22. The van der Waals surface area contributed by atoms with E-state index in [1.54, 1.807) is 0 Å². The van der Waals surface area contributed by atoms with Gasteiger partial charge in [0.15, 0.2) is 0 Å². The second-order valence-corrected chi connectivity index (χ2v) is 7.08. The molecule has 24 heavy (non-hydrogen) atoms. The summed E-state index contributed by atoms with van der Waals surface area (Å²) in [6, 6.07) is 4.81. The van der Waals surface area contributed by atoms with Gasteiger partial charge in [0.05, 0.1) is 0 Å². The van der Waals surface area contributed by atoms with E-state index in [0.717, 1.165) is 24.7 Å². The number of hydrogen-bond acceptors (Lipinski definition) is 4. The van der Waals surface area contributed by atoms with Gasteiger partial charge in [-0.25, -0.2) is 0 Å². The maximum absolute atomic E-state index is 6.02. The van der Waals surface area contributed by atoms with Gasteiger partial charge < -0.3 is 15.5 Å². The fourth-order valence-electron chi connectivity index (χ4n) is 3.87. The van der Waals surface area contributed by atoms with Crippen molar-refractivity contribution in [3.63, 3.8) is 0 Å². The molecule has 1 aliphatic carbocycles. The highest BCUT2D eigenvalue weighted by Crippen LogP contribution is 2.25. The first-order chi connectivity index (χ1) is 10.7. The third-order valence-electron chi connectivity index (χ3n) is 5.24. The topological polar surface area (TPSA) is 45.4 Å². The van der Waals surface area contributed by atoms with Crippen LogP contribution in [-0.4, -0.2) is 48.6 Å². The van der Waals surface area contributed by atoms with Crippen molar-refractivity contribution in [1.82, 2.24) is 9.88 Å². The first-order valence-corrected chi connectivity index (χ1v) is 8.86. The molecule has 0 spiro atoms. The molecule has 1 aromatic heterocycles. The van der Waals surface area contributed by atoms with Gasteiger partial charge in [0.25, 0.3) is 0 Å². The van der Waals surface area contributed by atoms with Gasteiger partial charge in [0.1, 0.15) is 0 Å². The number of rotatable bonds is 3. The lowest BCUT2D eigenvalue weighted by molar-refractivity contribution is 0.204. The molecule has 1 aromatic rings. The van der Waals surface area contributed by atoms with Crippen LogP contribution in [0.5, 0.6) is 0 Å². The van der Waals surface area contributed by atoms with Crippen molar-refractivity contribution in [2.45, 2.75) is 45.1 Å². The van der Waals surface area contributed by atoms with Crippen molar-refractivity contribution >= 4 is 30.5 Å². The average Bonchev–Trinajstić information content (AvgIpc) is 2.75. The van der Waals surface area contributed by atoms with Crippen LogP contribution < -0.4 is 10.6 Å². The Morgan fingerprint density at radius 1 is 1.08 bits per heavy atom. The smallest absolute Gasteiger partial charge is 0.0400 e. The maximum Gasteiger partial charge on any atom is 0.0400 e. The van der Waals surface area contributed by atoms with Crippen molar-refractivity contribution in [2.75, 3.05) is 37.6 Å². The Morgan fingerprint density at radius 2 is 1.83 bits per heavy atom. The number of nitrogens with zero attached hydrogens (tertiary/aromatic N) is 3. The van der Waals surface area contributed by atoms with Crippen molar-refractivity contribution in [2.24, 2.45) is 11.7 Å². The lowest BCUT2D eigenvalue weighted by atomic mass is 9.86. The van der Waals surface area contributed by atoms with Crippen LogP contribution in [0, 0.1) is 12.8 Å². The summed E-state index contributed by atoms with van der Waals surface area (Å²) in [6.45, 7) is 8.07. The van der Waals surface area contributed by atoms with E-state index >= 15 is 0 Å². The number of hydrogen-bond donors (Lipinski definition) is 1. The molecule has 2 fully saturated rings. The van der Waals surface area contributed by atoms with E-state index in [9.17, 15) is 0 Å². The Balaban J connectivity index is 0.00000144. The minimum Gasteiger partial charge on any atom is -0.370 e. The molecule has 2 N–H and O–H groups in total. The molecule has 3 rings (SSSR count). The van der Waals surface area contributed by atoms with Crippen LogP contribution in [0.3, 0.4) is 0 Å². The van der Waals surface area contributed by atoms with Gasteiger partial charge in [-0.1, -0.05) is 0 Å². The van der Waals surface area contributed by atoms with Gasteiger partial charge in [0.2, 0.25) is 0 Å². The molecule has 0 radical (unpaired) electrons. The largest absolute Gasteiger partial charge is 0.370 e. The van der Waals surface area contributed by atoms with E-state index in [1.807, 2.05) is 6.20 Å². The van der Waals surface area contributed by atoms with Crippen LogP contribution in [0.2, 0.25) is 0 Å². The fourth-order valence-corrected chi connectivity index (χ4v) is 3.87. The number of nitrogens with two attached hydrogens (primary N) is 1. The molecule has 0 bridgehead atoms. The van der Waals surface area contributed by atoms with Crippen LogP contribution in [0.15, 0.2) is 18.3 Å². The Bertz CT molecular complexity index is 478. The number of pyridine rings is 1. The number of halogens is 2. The highest BCUT2D eigenvalue weighted by atomic mass is 35.5. The number of aromatic nitrogens is 1. The zero-order chi connectivity index (χ0) is 15.4. The van der Waals surface area contributed by atoms with Crippen molar-refractivity contribution < 1.29 is 0 Å². The van der Waals surface area contributed by atoms with Gasteiger partial charge in [-0.15, -0.1) is 24.8 Å². The zero-order valence-corrected chi connectivity index (χ0v) is 16.3. The maximum atomic E-state index is 6.02. The highest BCUT2D eigenvalue weighted by molar-refractivity contribution is 5.85. The number of anilines is 1. The Labute approximate surface area is 159 Å². The summed E-state index contributed by atoms with van der Waals surface area (Å²) >= 11 is 0. The summed E-state index contributed by atoms with van der Waals surface area (Å²) in [4.78, 5) is 9.50. The molecule has 1 saturated heterocycles. The summed E-state index contributed by atoms with van der Waals surface area (Å²) in [5.41, 5.74) is 8.46. The molecular formula is C18H32Cl2N4. The molecule has 2 aliphatic rings. The Kier molecular flexibility index (Phi) is 9.35. The zero-order valence-electron chi connectivity index (χ0n) is 14.7. The molecule has 138 valence electrons. The van der Waals surface area contributed by atoms with Crippen LogP contribution in [0.1, 0.15) is 37.8 Å². The lowest BCUT2D eigenvalue weighted by Crippen LogP contribution is -2.36. The van der Waals surface area contributed by atoms with Crippen LogP contribution in [0.25, 0.3) is 0 Å². The molecular weight excluding hydrogens is 343 g/mol. The predicted molar refractivity (Wildman–Crippen MR) is 107 cm³/mol. The first-order valence-electron chi connectivity index (χ1n) is 8.86. The van der Waals surface area contributed by atoms with Gasteiger partial charge in [-0.3, -0.25) is 4.98 Å². The second-order valence-electron chi connectivity index (χ2n) is 7.08. The third kappa shape index (κ3) is 6.07. The summed E-state index contributed by atoms with van der Waals surface area (Å²) in [7, 11) is 0.